The van der Waals surface area contributed by atoms with Gasteiger partial charge in [-0.05, 0) is 37.1 Å². The molecule has 2 amide bonds. The number of nitrogens with zero attached hydrogens (tertiary/aromatic N) is 4. The van der Waals surface area contributed by atoms with Gasteiger partial charge in [0.2, 0.25) is 0 Å². The smallest absolute Gasteiger partial charge is 0.261 e. The summed E-state index contributed by atoms with van der Waals surface area (Å²) < 4.78 is 0. The quantitative estimate of drug-likeness (QED) is 0.360. The van der Waals surface area contributed by atoms with Gasteiger partial charge in [-0.1, -0.05) is 66.7 Å². The van der Waals surface area contributed by atoms with Crippen LogP contribution in [-0.2, 0) is 0 Å². The molecule has 0 spiro atoms. The molecule has 3 heterocycles. The minimum atomic E-state index is -0.346. The van der Waals surface area contributed by atoms with Crippen molar-refractivity contribution in [3.63, 3.8) is 0 Å². The number of phenols is 2. The second-order valence-electron chi connectivity index (χ2n) is 10.9. The summed E-state index contributed by atoms with van der Waals surface area (Å²) in [6.07, 6.45) is 1.61. The minimum Gasteiger partial charge on any atom is -0.507 e. The van der Waals surface area contributed by atoms with Crippen LogP contribution in [-0.4, -0.2) is 87.0 Å². The van der Waals surface area contributed by atoms with E-state index in [4.69, 9.17) is 4.98 Å². The lowest BCUT2D eigenvalue weighted by Gasteiger charge is -2.42. The number of amides is 2. The first-order valence-corrected chi connectivity index (χ1v) is 14.4. The fourth-order valence-corrected chi connectivity index (χ4v) is 5.98. The Morgan fingerprint density at radius 3 is 1.64 bits per heavy atom. The molecule has 3 aromatic carbocycles. The third-order valence-electron chi connectivity index (χ3n) is 8.32. The third-order valence-corrected chi connectivity index (χ3v) is 8.32. The third kappa shape index (κ3) is 5.71. The maximum absolute atomic E-state index is 13.8. The number of piperazine rings is 1. The molecule has 8 heteroatoms. The van der Waals surface area contributed by atoms with Crippen LogP contribution < -0.4 is 0 Å². The molecule has 6 rings (SSSR count). The number of hydrogen-bond acceptors (Lipinski definition) is 6. The van der Waals surface area contributed by atoms with Crippen LogP contribution in [0, 0.1) is 0 Å². The lowest BCUT2D eigenvalue weighted by atomic mass is 10.0. The van der Waals surface area contributed by atoms with Crippen molar-refractivity contribution in [2.24, 2.45) is 0 Å². The average molecular weight is 563 g/mol. The highest BCUT2D eigenvalue weighted by atomic mass is 16.3. The van der Waals surface area contributed by atoms with E-state index in [-0.39, 0.29) is 28.9 Å². The molecule has 0 saturated carbocycles. The van der Waals surface area contributed by atoms with E-state index in [9.17, 15) is 19.8 Å². The van der Waals surface area contributed by atoms with Gasteiger partial charge in [-0.3, -0.25) is 14.5 Å². The Balaban J connectivity index is 1.11. The van der Waals surface area contributed by atoms with Gasteiger partial charge in [-0.25, -0.2) is 4.98 Å². The number of carbonyl (C=O) groups is 2. The number of likely N-dealkylation sites (tertiary alicyclic amines) is 1. The number of aromatic hydroxyl groups is 2. The van der Waals surface area contributed by atoms with E-state index < -0.39 is 0 Å². The molecule has 0 atom stereocenters. The van der Waals surface area contributed by atoms with Gasteiger partial charge >= 0.3 is 0 Å². The van der Waals surface area contributed by atoms with Crippen LogP contribution in [0.5, 0.6) is 11.5 Å². The topological polar surface area (TPSA) is 97.2 Å². The number of rotatable bonds is 5. The SMILES string of the molecule is O=C(c1cc(-c2ccccc2)nc(-c2ccccc2)c1)N1CCN(C2CCN(C(=O)c3c(O)cccc3O)CC2)CC1. The van der Waals surface area contributed by atoms with Gasteiger partial charge in [-0.2, -0.15) is 0 Å². The first-order valence-electron chi connectivity index (χ1n) is 14.4. The fraction of sp³-hybridized carbons (Fsp3) is 0.265. The summed E-state index contributed by atoms with van der Waals surface area (Å²) in [7, 11) is 0. The summed E-state index contributed by atoms with van der Waals surface area (Å²) in [4.78, 5) is 37.6. The molecule has 2 saturated heterocycles. The Bertz CT molecular complexity index is 1480. The monoisotopic (exact) mass is 562 g/mol. The highest BCUT2D eigenvalue weighted by Crippen LogP contribution is 2.30. The van der Waals surface area contributed by atoms with Crippen molar-refractivity contribution in [2.45, 2.75) is 18.9 Å². The van der Waals surface area contributed by atoms with Crippen LogP contribution in [0.4, 0.5) is 0 Å². The maximum atomic E-state index is 13.8. The minimum absolute atomic E-state index is 0.00862. The zero-order valence-corrected chi connectivity index (χ0v) is 23.4. The lowest BCUT2D eigenvalue weighted by molar-refractivity contribution is 0.0410. The van der Waals surface area contributed by atoms with Gasteiger partial charge in [-0.15, -0.1) is 0 Å². The van der Waals surface area contributed by atoms with Crippen LogP contribution in [0.3, 0.4) is 0 Å². The molecular weight excluding hydrogens is 528 g/mol. The summed E-state index contributed by atoms with van der Waals surface area (Å²) in [5, 5.41) is 20.2. The van der Waals surface area contributed by atoms with Crippen LogP contribution in [0.1, 0.15) is 33.6 Å². The first kappa shape index (κ1) is 27.5. The molecular formula is C34H34N4O4. The van der Waals surface area contributed by atoms with Crippen LogP contribution in [0.25, 0.3) is 22.5 Å². The fourth-order valence-electron chi connectivity index (χ4n) is 5.98. The number of aromatic nitrogens is 1. The van der Waals surface area contributed by atoms with Crippen molar-refractivity contribution in [1.29, 1.82) is 0 Å². The highest BCUT2D eigenvalue weighted by molar-refractivity contribution is 5.99. The van der Waals surface area contributed by atoms with Gasteiger partial charge in [0.15, 0.2) is 0 Å². The van der Waals surface area contributed by atoms with Crippen molar-refractivity contribution in [1.82, 2.24) is 19.7 Å². The molecule has 0 bridgehead atoms. The van der Waals surface area contributed by atoms with Gasteiger partial charge < -0.3 is 20.0 Å². The van der Waals surface area contributed by atoms with Gasteiger partial charge in [0.25, 0.3) is 11.8 Å². The number of hydrogen-bond donors (Lipinski definition) is 2. The Morgan fingerprint density at radius 2 is 1.12 bits per heavy atom. The van der Waals surface area contributed by atoms with E-state index in [1.54, 1.807) is 4.90 Å². The molecule has 214 valence electrons. The second-order valence-corrected chi connectivity index (χ2v) is 10.9. The van der Waals surface area contributed by atoms with Crippen LogP contribution in [0.15, 0.2) is 91.0 Å². The van der Waals surface area contributed by atoms with Crippen molar-refractivity contribution in [3.05, 3.63) is 102 Å². The molecule has 0 radical (unpaired) electrons. The molecule has 2 N–H and O–H groups in total. The summed E-state index contributed by atoms with van der Waals surface area (Å²) in [6.45, 7) is 3.91. The molecule has 4 aromatic rings. The van der Waals surface area contributed by atoms with Gasteiger partial charge in [0.1, 0.15) is 17.1 Å². The Hall–Kier alpha value is -4.69. The Kier molecular flexibility index (Phi) is 7.88. The zero-order valence-electron chi connectivity index (χ0n) is 23.4. The molecule has 8 nitrogen and oxygen atoms in total. The van der Waals surface area contributed by atoms with E-state index in [0.29, 0.717) is 37.8 Å². The van der Waals surface area contributed by atoms with E-state index in [1.807, 2.05) is 77.7 Å². The normalized spacial score (nSPS) is 16.4. The maximum Gasteiger partial charge on any atom is 0.261 e. The first-order chi connectivity index (χ1) is 20.5. The predicted molar refractivity (Wildman–Crippen MR) is 161 cm³/mol. The highest BCUT2D eigenvalue weighted by Gasteiger charge is 2.32. The number of piperidine rings is 1. The summed E-state index contributed by atoms with van der Waals surface area (Å²) in [5.74, 6) is -0.747. The van der Waals surface area contributed by atoms with E-state index >= 15 is 0 Å². The van der Waals surface area contributed by atoms with E-state index in [1.165, 1.54) is 18.2 Å². The summed E-state index contributed by atoms with van der Waals surface area (Å²) in [6, 6.07) is 28.3. The summed E-state index contributed by atoms with van der Waals surface area (Å²) in [5.41, 5.74) is 4.09. The van der Waals surface area contributed by atoms with Gasteiger partial charge in [0, 0.05) is 62.0 Å². The zero-order chi connectivity index (χ0) is 29.1. The Labute approximate surface area is 245 Å². The number of benzene rings is 3. The van der Waals surface area contributed by atoms with E-state index in [0.717, 1.165) is 48.4 Å². The van der Waals surface area contributed by atoms with Crippen LogP contribution in [0.2, 0.25) is 0 Å². The lowest BCUT2D eigenvalue weighted by Crippen LogP contribution is -2.54. The number of pyridine rings is 1. The van der Waals surface area contributed by atoms with Crippen molar-refractivity contribution >= 4 is 11.8 Å². The van der Waals surface area contributed by atoms with Crippen molar-refractivity contribution in [3.8, 4) is 34.0 Å². The molecule has 0 unspecified atom stereocenters. The predicted octanol–water partition coefficient (Wildman–Crippen LogP) is 4.89. The number of phenolic OH excluding ortho intramolecular Hbond substituents is 2. The second kappa shape index (κ2) is 12.0. The van der Waals surface area contributed by atoms with Crippen LogP contribution >= 0.6 is 0 Å². The van der Waals surface area contributed by atoms with Gasteiger partial charge in [0.05, 0.1) is 11.4 Å². The Morgan fingerprint density at radius 1 is 0.619 bits per heavy atom. The average Bonchev–Trinajstić information content (AvgIpc) is 3.05. The number of carbonyl (C=O) groups excluding carboxylic acids is 2. The molecule has 2 fully saturated rings. The molecule has 2 aliphatic rings. The molecule has 2 aliphatic heterocycles. The standard InChI is InChI=1S/C34H34N4O4/c39-30-12-7-13-31(40)32(30)34(42)37-16-14-27(15-17-37)36-18-20-38(21-19-36)33(41)26-22-28(24-8-3-1-4-9-24)35-29(23-26)25-10-5-2-6-11-25/h1-13,22-23,27,39-40H,14-21H2. The van der Waals surface area contributed by atoms with Crippen molar-refractivity contribution in [2.75, 3.05) is 39.3 Å². The van der Waals surface area contributed by atoms with E-state index in [2.05, 4.69) is 4.90 Å². The van der Waals surface area contributed by atoms with Crippen molar-refractivity contribution < 1.29 is 19.8 Å². The molecule has 0 aliphatic carbocycles. The molecule has 1 aromatic heterocycles. The summed E-state index contributed by atoms with van der Waals surface area (Å²) >= 11 is 0. The largest absolute Gasteiger partial charge is 0.507 e. The molecule has 42 heavy (non-hydrogen) atoms.